The van der Waals surface area contributed by atoms with Crippen molar-refractivity contribution < 1.29 is 0 Å². The highest BCUT2D eigenvalue weighted by Crippen LogP contribution is 2.30. The van der Waals surface area contributed by atoms with Crippen LogP contribution in [0.15, 0.2) is 12.7 Å². The van der Waals surface area contributed by atoms with E-state index in [9.17, 15) is 0 Å². The maximum Gasteiger partial charge on any atom is 0.0155 e. The van der Waals surface area contributed by atoms with Gasteiger partial charge >= 0.3 is 0 Å². The molecule has 0 aromatic carbocycles. The summed E-state index contributed by atoms with van der Waals surface area (Å²) in [5, 5.41) is 4.39. The molecular formula is C13H25NS. The smallest absolute Gasteiger partial charge is 0.0155 e. The van der Waals surface area contributed by atoms with E-state index in [-0.39, 0.29) is 0 Å². The quantitative estimate of drug-likeness (QED) is 0.502. The third-order valence-corrected chi connectivity index (χ3v) is 4.74. The van der Waals surface area contributed by atoms with E-state index in [1.165, 1.54) is 44.3 Å². The van der Waals surface area contributed by atoms with Gasteiger partial charge in [-0.3, -0.25) is 0 Å². The predicted octanol–water partition coefficient (Wildman–Crippen LogP) is 3.61. The highest BCUT2D eigenvalue weighted by molar-refractivity contribution is 7.99. The van der Waals surface area contributed by atoms with Gasteiger partial charge in [0.2, 0.25) is 0 Å². The minimum atomic E-state index is 0.704. The Balaban J connectivity index is 2.06. The summed E-state index contributed by atoms with van der Waals surface area (Å²) in [6.07, 6.45) is 11.6. The SMILES string of the molecule is C=CCCCC(CSC1CCCC1)NC. The molecule has 0 bridgehead atoms. The summed E-state index contributed by atoms with van der Waals surface area (Å²) in [4.78, 5) is 0. The van der Waals surface area contributed by atoms with Gasteiger partial charge in [-0.1, -0.05) is 18.9 Å². The van der Waals surface area contributed by atoms with E-state index < -0.39 is 0 Å². The summed E-state index contributed by atoms with van der Waals surface area (Å²) < 4.78 is 0. The molecule has 1 nitrogen and oxygen atoms in total. The van der Waals surface area contributed by atoms with Crippen LogP contribution in [0.2, 0.25) is 0 Å². The summed E-state index contributed by atoms with van der Waals surface area (Å²) in [6.45, 7) is 3.77. The number of hydrogen-bond donors (Lipinski definition) is 1. The Morgan fingerprint density at radius 3 is 2.80 bits per heavy atom. The van der Waals surface area contributed by atoms with Crippen LogP contribution in [0, 0.1) is 0 Å². The largest absolute Gasteiger partial charge is 0.316 e. The molecular weight excluding hydrogens is 202 g/mol. The van der Waals surface area contributed by atoms with Crippen LogP contribution in [0.4, 0.5) is 0 Å². The molecule has 0 spiro atoms. The van der Waals surface area contributed by atoms with Crippen molar-refractivity contribution in [3.8, 4) is 0 Å². The van der Waals surface area contributed by atoms with E-state index in [0.717, 1.165) is 11.7 Å². The van der Waals surface area contributed by atoms with Gasteiger partial charge in [0, 0.05) is 17.0 Å². The maximum atomic E-state index is 3.77. The predicted molar refractivity (Wildman–Crippen MR) is 71.6 cm³/mol. The fourth-order valence-corrected chi connectivity index (χ4v) is 3.63. The Morgan fingerprint density at radius 1 is 1.47 bits per heavy atom. The van der Waals surface area contributed by atoms with E-state index in [1.54, 1.807) is 0 Å². The van der Waals surface area contributed by atoms with E-state index in [0.29, 0.717) is 6.04 Å². The summed E-state index contributed by atoms with van der Waals surface area (Å²) >= 11 is 2.19. The molecule has 1 aliphatic carbocycles. The number of allylic oxidation sites excluding steroid dienone is 1. The van der Waals surface area contributed by atoms with Gasteiger partial charge in [0.25, 0.3) is 0 Å². The van der Waals surface area contributed by atoms with E-state index >= 15 is 0 Å². The third-order valence-electron chi connectivity index (χ3n) is 3.20. The van der Waals surface area contributed by atoms with Gasteiger partial charge in [-0.05, 0) is 39.2 Å². The van der Waals surface area contributed by atoms with Gasteiger partial charge in [-0.2, -0.15) is 11.8 Å². The molecule has 1 unspecified atom stereocenters. The third kappa shape index (κ3) is 5.62. The lowest BCUT2D eigenvalue weighted by Gasteiger charge is -2.17. The minimum Gasteiger partial charge on any atom is -0.316 e. The van der Waals surface area contributed by atoms with Crippen molar-refractivity contribution in [3.05, 3.63) is 12.7 Å². The maximum absolute atomic E-state index is 3.77. The fourth-order valence-electron chi connectivity index (χ4n) is 2.13. The van der Waals surface area contributed by atoms with Gasteiger partial charge < -0.3 is 5.32 Å². The zero-order chi connectivity index (χ0) is 10.9. The van der Waals surface area contributed by atoms with Crippen molar-refractivity contribution >= 4 is 11.8 Å². The second-order valence-electron chi connectivity index (χ2n) is 4.44. The number of hydrogen-bond acceptors (Lipinski definition) is 2. The molecule has 0 radical (unpaired) electrons. The molecule has 88 valence electrons. The van der Waals surface area contributed by atoms with Crippen LogP contribution < -0.4 is 5.32 Å². The van der Waals surface area contributed by atoms with E-state index in [1.807, 2.05) is 6.08 Å². The summed E-state index contributed by atoms with van der Waals surface area (Å²) in [5.41, 5.74) is 0. The second-order valence-corrected chi connectivity index (χ2v) is 5.78. The average molecular weight is 227 g/mol. The van der Waals surface area contributed by atoms with Crippen molar-refractivity contribution in [2.45, 2.75) is 56.2 Å². The lowest BCUT2D eigenvalue weighted by molar-refractivity contribution is 0.551. The molecule has 0 saturated heterocycles. The Morgan fingerprint density at radius 2 is 2.20 bits per heavy atom. The molecule has 0 aromatic heterocycles. The van der Waals surface area contributed by atoms with Crippen molar-refractivity contribution in [1.82, 2.24) is 5.32 Å². The zero-order valence-electron chi connectivity index (χ0n) is 10.0. The van der Waals surface area contributed by atoms with Crippen molar-refractivity contribution in [2.75, 3.05) is 12.8 Å². The first-order chi connectivity index (χ1) is 7.36. The monoisotopic (exact) mass is 227 g/mol. The molecule has 0 heterocycles. The first-order valence-electron chi connectivity index (χ1n) is 6.26. The molecule has 0 aromatic rings. The van der Waals surface area contributed by atoms with Crippen LogP contribution in [0.1, 0.15) is 44.9 Å². The number of unbranched alkanes of at least 4 members (excludes halogenated alkanes) is 1. The average Bonchev–Trinajstić information content (AvgIpc) is 2.76. The molecule has 15 heavy (non-hydrogen) atoms. The highest BCUT2D eigenvalue weighted by atomic mass is 32.2. The van der Waals surface area contributed by atoms with Crippen molar-refractivity contribution in [3.63, 3.8) is 0 Å². The van der Waals surface area contributed by atoms with Gasteiger partial charge in [-0.25, -0.2) is 0 Å². The molecule has 1 aliphatic rings. The van der Waals surface area contributed by atoms with Crippen molar-refractivity contribution in [1.29, 1.82) is 0 Å². The lowest BCUT2D eigenvalue weighted by Crippen LogP contribution is -2.28. The molecule has 1 N–H and O–H groups in total. The Kier molecular flexibility index (Phi) is 7.20. The number of nitrogens with one attached hydrogen (secondary N) is 1. The van der Waals surface area contributed by atoms with Crippen LogP contribution in [-0.2, 0) is 0 Å². The first-order valence-corrected chi connectivity index (χ1v) is 7.31. The Bertz CT molecular complexity index is 164. The molecule has 1 saturated carbocycles. The summed E-state index contributed by atoms with van der Waals surface area (Å²) in [5.74, 6) is 1.29. The minimum absolute atomic E-state index is 0.704. The van der Waals surface area contributed by atoms with Crippen LogP contribution >= 0.6 is 11.8 Å². The van der Waals surface area contributed by atoms with Crippen LogP contribution in [0.25, 0.3) is 0 Å². The topological polar surface area (TPSA) is 12.0 Å². The molecule has 2 heteroatoms. The van der Waals surface area contributed by atoms with Crippen LogP contribution in [0.3, 0.4) is 0 Å². The molecule has 0 aliphatic heterocycles. The standard InChI is InChI=1S/C13H25NS/c1-3-4-5-8-12(14-2)11-15-13-9-6-7-10-13/h3,12-14H,1,4-11H2,2H3. The summed E-state index contributed by atoms with van der Waals surface area (Å²) in [7, 11) is 2.09. The normalized spacial score (nSPS) is 19.3. The van der Waals surface area contributed by atoms with Gasteiger partial charge in [-0.15, -0.1) is 6.58 Å². The molecule has 1 fully saturated rings. The fraction of sp³-hybridized carbons (Fsp3) is 0.846. The zero-order valence-corrected chi connectivity index (χ0v) is 10.8. The summed E-state index contributed by atoms with van der Waals surface area (Å²) in [6, 6.07) is 0.704. The Hall–Kier alpha value is 0.0500. The molecule has 1 atom stereocenters. The molecule has 0 amide bonds. The number of thioether (sulfide) groups is 1. The van der Waals surface area contributed by atoms with Crippen molar-refractivity contribution in [2.24, 2.45) is 0 Å². The number of rotatable bonds is 8. The van der Waals surface area contributed by atoms with E-state index in [2.05, 4.69) is 30.7 Å². The highest BCUT2D eigenvalue weighted by Gasteiger charge is 2.16. The Labute approximate surface area is 99.1 Å². The van der Waals surface area contributed by atoms with E-state index in [4.69, 9.17) is 0 Å². The second kappa shape index (κ2) is 8.23. The van der Waals surface area contributed by atoms with Crippen LogP contribution in [0.5, 0.6) is 0 Å². The van der Waals surface area contributed by atoms with Crippen LogP contribution in [-0.4, -0.2) is 24.1 Å². The molecule has 1 rings (SSSR count). The van der Waals surface area contributed by atoms with Gasteiger partial charge in [0.05, 0.1) is 0 Å². The lowest BCUT2D eigenvalue weighted by atomic mass is 10.1. The first kappa shape index (κ1) is 13.1. The van der Waals surface area contributed by atoms with Gasteiger partial charge in [0.15, 0.2) is 0 Å². The van der Waals surface area contributed by atoms with Gasteiger partial charge in [0.1, 0.15) is 0 Å².